The topological polar surface area (TPSA) is 13.1 Å². The Bertz CT molecular complexity index is 518. The number of hydrogen-bond donors (Lipinski definition) is 0. The van der Waals surface area contributed by atoms with Gasteiger partial charge in [0.15, 0.2) is 0 Å². The molecule has 14 heavy (non-hydrogen) atoms. The molecule has 0 radical (unpaired) electrons. The average Bonchev–Trinajstić information content (AvgIpc) is 2.56. The summed E-state index contributed by atoms with van der Waals surface area (Å²) in [6.45, 7) is 0. The molecule has 0 aliphatic rings. The van der Waals surface area contributed by atoms with Crippen molar-refractivity contribution in [3.05, 3.63) is 48.5 Å². The first kappa shape index (κ1) is 9.39. The van der Waals surface area contributed by atoms with Crippen molar-refractivity contribution < 1.29 is 23.3 Å². The Kier molecular flexibility index (Phi) is 2.37. The summed E-state index contributed by atoms with van der Waals surface area (Å²) in [7, 11) is 0. The van der Waals surface area contributed by atoms with Crippen LogP contribution in [0.15, 0.2) is 46.9 Å². The van der Waals surface area contributed by atoms with Crippen LogP contribution in [0.3, 0.4) is 0 Å². The average molecular weight is 174 g/mol. The molecule has 0 unspecified atom stereocenters. The molecule has 1 aromatic heterocycles. The standard InChI is InChI=1S/C12H7O.Li/c1-3-7-11-9(5-1)10-6-2-4-8-12(10)13-11;/h1-3,5-8H;/q-1;+1. The molecule has 0 N–H and O–H groups in total. The second-order valence-corrected chi connectivity index (χ2v) is 3.02. The van der Waals surface area contributed by atoms with Gasteiger partial charge >= 0.3 is 18.9 Å². The van der Waals surface area contributed by atoms with Gasteiger partial charge in [-0.15, -0.1) is 6.07 Å². The maximum Gasteiger partial charge on any atom is 1.00 e. The van der Waals surface area contributed by atoms with E-state index < -0.39 is 0 Å². The Hall–Kier alpha value is -1.16. The molecular weight excluding hydrogens is 167 g/mol. The van der Waals surface area contributed by atoms with Gasteiger partial charge in [-0.05, 0) is 6.07 Å². The summed E-state index contributed by atoms with van der Waals surface area (Å²) < 4.78 is 5.62. The number of benzene rings is 2. The summed E-state index contributed by atoms with van der Waals surface area (Å²) in [5, 5.41) is 2.33. The smallest absolute Gasteiger partial charge is 0.516 e. The molecule has 1 nitrogen and oxygen atoms in total. The van der Waals surface area contributed by atoms with E-state index in [4.69, 9.17) is 4.42 Å². The van der Waals surface area contributed by atoms with Crippen LogP contribution >= 0.6 is 0 Å². The van der Waals surface area contributed by atoms with Crippen LogP contribution in [-0.4, -0.2) is 0 Å². The number of fused-ring (bicyclic) bond motifs is 3. The van der Waals surface area contributed by atoms with Gasteiger partial charge in [0, 0.05) is 11.0 Å². The van der Waals surface area contributed by atoms with E-state index in [1.165, 1.54) is 5.39 Å². The van der Waals surface area contributed by atoms with E-state index >= 15 is 0 Å². The first-order valence-corrected chi connectivity index (χ1v) is 4.22. The van der Waals surface area contributed by atoms with Gasteiger partial charge in [-0.25, -0.2) is 0 Å². The van der Waals surface area contributed by atoms with Crippen molar-refractivity contribution in [2.24, 2.45) is 0 Å². The molecule has 62 valence electrons. The van der Waals surface area contributed by atoms with Crippen molar-refractivity contribution in [1.82, 2.24) is 0 Å². The van der Waals surface area contributed by atoms with Gasteiger partial charge in [-0.1, -0.05) is 23.6 Å². The van der Waals surface area contributed by atoms with Gasteiger partial charge in [-0.2, -0.15) is 18.2 Å². The number of para-hydroxylation sites is 1. The number of furan rings is 1. The van der Waals surface area contributed by atoms with Crippen LogP contribution in [0.25, 0.3) is 21.9 Å². The minimum atomic E-state index is 0. The predicted octanol–water partition coefficient (Wildman–Crippen LogP) is 0.390. The quantitative estimate of drug-likeness (QED) is 0.355. The van der Waals surface area contributed by atoms with Crippen molar-refractivity contribution in [3.8, 4) is 0 Å². The molecule has 3 aromatic rings. The van der Waals surface area contributed by atoms with E-state index in [1.807, 2.05) is 36.4 Å². The molecule has 2 aromatic carbocycles. The molecule has 0 atom stereocenters. The maximum absolute atomic E-state index is 5.62. The summed E-state index contributed by atoms with van der Waals surface area (Å²) >= 11 is 0. The Morgan fingerprint density at radius 3 is 2.64 bits per heavy atom. The fourth-order valence-corrected chi connectivity index (χ4v) is 1.62. The summed E-state index contributed by atoms with van der Waals surface area (Å²) in [6, 6.07) is 16.9. The molecule has 0 aliphatic carbocycles. The predicted molar refractivity (Wildman–Crippen MR) is 52.6 cm³/mol. The Balaban J connectivity index is 0.000000750. The first-order valence-electron chi connectivity index (χ1n) is 4.22. The van der Waals surface area contributed by atoms with Crippen molar-refractivity contribution in [3.63, 3.8) is 0 Å². The zero-order valence-corrected chi connectivity index (χ0v) is 7.95. The van der Waals surface area contributed by atoms with E-state index in [2.05, 4.69) is 12.1 Å². The van der Waals surface area contributed by atoms with Crippen LogP contribution in [0, 0.1) is 6.07 Å². The van der Waals surface area contributed by atoms with E-state index in [1.54, 1.807) is 0 Å². The molecule has 0 bridgehead atoms. The summed E-state index contributed by atoms with van der Waals surface area (Å²) in [5.41, 5.74) is 1.85. The fraction of sp³-hybridized carbons (Fsp3) is 0. The second kappa shape index (κ2) is 3.53. The van der Waals surface area contributed by atoms with Crippen LogP contribution < -0.4 is 18.9 Å². The van der Waals surface area contributed by atoms with Crippen LogP contribution in [-0.2, 0) is 0 Å². The van der Waals surface area contributed by atoms with Crippen molar-refractivity contribution in [2.45, 2.75) is 0 Å². The molecule has 0 saturated heterocycles. The van der Waals surface area contributed by atoms with Gasteiger partial charge in [0.25, 0.3) is 0 Å². The van der Waals surface area contributed by atoms with Gasteiger partial charge in [-0.3, -0.25) is 0 Å². The largest absolute Gasteiger partial charge is 1.00 e. The molecule has 2 heteroatoms. The molecule has 3 rings (SSSR count). The van der Waals surface area contributed by atoms with Gasteiger partial charge in [0.05, 0.1) is 0 Å². The SMILES string of the molecule is [Li+].[c-]1ccc2c(c1)oc1ccccc12. The second-order valence-electron chi connectivity index (χ2n) is 3.02. The zero-order chi connectivity index (χ0) is 8.67. The Labute approximate surface area is 93.9 Å². The van der Waals surface area contributed by atoms with Crippen LogP contribution in [0.1, 0.15) is 0 Å². The van der Waals surface area contributed by atoms with Crippen LogP contribution in [0.5, 0.6) is 0 Å². The van der Waals surface area contributed by atoms with Gasteiger partial charge in [0.2, 0.25) is 0 Å². The molecule has 0 amide bonds. The summed E-state index contributed by atoms with van der Waals surface area (Å²) in [6.07, 6.45) is 0. The summed E-state index contributed by atoms with van der Waals surface area (Å²) in [4.78, 5) is 0. The molecule has 1 heterocycles. The monoisotopic (exact) mass is 174 g/mol. The van der Waals surface area contributed by atoms with Crippen molar-refractivity contribution in [1.29, 1.82) is 0 Å². The minimum Gasteiger partial charge on any atom is -0.516 e. The third-order valence-electron chi connectivity index (χ3n) is 2.22. The molecule has 0 aliphatic heterocycles. The van der Waals surface area contributed by atoms with Gasteiger partial charge in [0.1, 0.15) is 5.58 Å². The van der Waals surface area contributed by atoms with Crippen LogP contribution in [0.4, 0.5) is 0 Å². The molecule has 0 spiro atoms. The van der Waals surface area contributed by atoms with Crippen molar-refractivity contribution >= 4 is 21.9 Å². The molecule has 0 fully saturated rings. The Morgan fingerprint density at radius 1 is 0.929 bits per heavy atom. The van der Waals surface area contributed by atoms with Crippen molar-refractivity contribution in [2.75, 3.05) is 0 Å². The van der Waals surface area contributed by atoms with E-state index in [-0.39, 0.29) is 18.9 Å². The van der Waals surface area contributed by atoms with E-state index in [9.17, 15) is 0 Å². The number of rotatable bonds is 0. The van der Waals surface area contributed by atoms with Gasteiger partial charge < -0.3 is 4.42 Å². The zero-order valence-electron chi connectivity index (χ0n) is 7.95. The third kappa shape index (κ3) is 1.26. The van der Waals surface area contributed by atoms with E-state index in [0.717, 1.165) is 16.6 Å². The maximum atomic E-state index is 5.62. The first-order chi connectivity index (χ1) is 6.45. The minimum absolute atomic E-state index is 0. The summed E-state index contributed by atoms with van der Waals surface area (Å²) in [5.74, 6) is 0. The third-order valence-corrected chi connectivity index (χ3v) is 2.22. The Morgan fingerprint density at radius 2 is 1.71 bits per heavy atom. The normalized spacial score (nSPS) is 10.3. The molecule has 0 saturated carbocycles. The fourth-order valence-electron chi connectivity index (χ4n) is 1.62. The molecular formula is C12H7LiO. The van der Waals surface area contributed by atoms with Crippen LogP contribution in [0.2, 0.25) is 0 Å². The number of hydrogen-bond acceptors (Lipinski definition) is 1. The van der Waals surface area contributed by atoms with E-state index in [0.29, 0.717) is 0 Å².